The first-order valence-electron chi connectivity index (χ1n) is 10.5. The highest BCUT2D eigenvalue weighted by molar-refractivity contribution is 6.46. The van der Waals surface area contributed by atoms with E-state index in [4.69, 9.17) is 4.74 Å². The molecule has 0 unspecified atom stereocenters. The average molecular weight is 427 g/mol. The van der Waals surface area contributed by atoms with Crippen molar-refractivity contribution in [3.05, 3.63) is 94.2 Å². The summed E-state index contributed by atoms with van der Waals surface area (Å²) in [4.78, 5) is 28.4. The van der Waals surface area contributed by atoms with Crippen LogP contribution < -0.4 is 15.0 Å². The predicted molar refractivity (Wildman–Crippen MR) is 128 cm³/mol. The zero-order valence-corrected chi connectivity index (χ0v) is 18.9. The summed E-state index contributed by atoms with van der Waals surface area (Å²) in [5, 5.41) is 3.28. The van der Waals surface area contributed by atoms with E-state index in [-0.39, 0.29) is 17.5 Å². The second-order valence-electron chi connectivity index (χ2n) is 8.07. The number of benzene rings is 3. The molecule has 3 aromatic rings. The van der Waals surface area contributed by atoms with Crippen molar-refractivity contribution >= 4 is 28.8 Å². The van der Waals surface area contributed by atoms with Crippen LogP contribution in [0.15, 0.2) is 66.4 Å². The molecule has 4 rings (SSSR count). The highest BCUT2D eigenvalue weighted by Gasteiger charge is 2.40. The first kappa shape index (κ1) is 21.4. The Hall–Kier alpha value is -3.86. The Morgan fingerprint density at radius 1 is 0.781 bits per heavy atom. The van der Waals surface area contributed by atoms with Crippen molar-refractivity contribution in [2.45, 2.75) is 27.7 Å². The van der Waals surface area contributed by atoms with Crippen molar-refractivity contribution in [3.8, 4) is 5.75 Å². The molecule has 32 heavy (non-hydrogen) atoms. The number of hydrogen-bond acceptors (Lipinski definition) is 4. The van der Waals surface area contributed by atoms with Gasteiger partial charge in [0.1, 0.15) is 11.4 Å². The van der Waals surface area contributed by atoms with E-state index in [1.807, 2.05) is 64.1 Å². The molecule has 0 aromatic heterocycles. The zero-order chi connectivity index (χ0) is 23.0. The molecule has 0 saturated heterocycles. The molecular formula is C27H26N2O3. The van der Waals surface area contributed by atoms with Gasteiger partial charge in [0.05, 0.1) is 18.4 Å². The van der Waals surface area contributed by atoms with Gasteiger partial charge >= 0.3 is 0 Å². The van der Waals surface area contributed by atoms with Crippen molar-refractivity contribution in [1.82, 2.24) is 0 Å². The first-order valence-corrected chi connectivity index (χ1v) is 10.5. The summed E-state index contributed by atoms with van der Waals surface area (Å²) in [5.74, 6) is -0.0746. The number of nitrogens with one attached hydrogen (secondary N) is 1. The molecule has 1 aliphatic heterocycles. The third kappa shape index (κ3) is 3.66. The van der Waals surface area contributed by atoms with E-state index in [0.717, 1.165) is 33.5 Å². The number of ether oxygens (including phenoxy) is 1. The second-order valence-corrected chi connectivity index (χ2v) is 8.07. The molecule has 5 nitrogen and oxygen atoms in total. The molecule has 0 aliphatic carbocycles. The minimum Gasteiger partial charge on any atom is -0.497 e. The fourth-order valence-corrected chi connectivity index (χ4v) is 3.80. The summed E-state index contributed by atoms with van der Waals surface area (Å²) in [6.45, 7) is 8.04. The highest BCUT2D eigenvalue weighted by Crippen LogP contribution is 2.35. The Kier molecular flexibility index (Phi) is 5.57. The molecule has 0 fully saturated rings. The van der Waals surface area contributed by atoms with Crippen molar-refractivity contribution in [2.75, 3.05) is 17.3 Å². The molecule has 162 valence electrons. The number of carbonyl (C=O) groups excluding carboxylic acids is 2. The maximum Gasteiger partial charge on any atom is 0.282 e. The summed E-state index contributed by atoms with van der Waals surface area (Å²) in [5.41, 5.74) is 6.99. The molecular weight excluding hydrogens is 400 g/mol. The van der Waals surface area contributed by atoms with Crippen LogP contribution in [-0.4, -0.2) is 18.9 Å². The van der Waals surface area contributed by atoms with E-state index < -0.39 is 0 Å². The topological polar surface area (TPSA) is 58.6 Å². The van der Waals surface area contributed by atoms with Crippen LogP contribution in [-0.2, 0) is 9.59 Å². The lowest BCUT2D eigenvalue weighted by molar-refractivity contribution is -0.120. The normalized spacial score (nSPS) is 13.7. The number of carbonyl (C=O) groups is 2. The fraction of sp³-hybridized carbons (Fsp3) is 0.185. The van der Waals surface area contributed by atoms with Gasteiger partial charge in [-0.2, -0.15) is 0 Å². The van der Waals surface area contributed by atoms with Crippen LogP contribution in [0.5, 0.6) is 5.75 Å². The Balaban J connectivity index is 1.85. The molecule has 0 atom stereocenters. The maximum absolute atomic E-state index is 13.6. The number of nitrogens with zero attached hydrogens (tertiary/aromatic N) is 1. The minimum absolute atomic E-state index is 0.280. The van der Waals surface area contributed by atoms with Crippen LogP contribution in [0.2, 0.25) is 0 Å². The van der Waals surface area contributed by atoms with E-state index in [2.05, 4.69) is 5.32 Å². The van der Waals surface area contributed by atoms with E-state index >= 15 is 0 Å². The van der Waals surface area contributed by atoms with E-state index in [0.29, 0.717) is 17.0 Å². The Morgan fingerprint density at radius 2 is 1.50 bits per heavy atom. The molecule has 2 amide bonds. The maximum atomic E-state index is 13.6. The molecule has 3 aromatic carbocycles. The summed E-state index contributed by atoms with van der Waals surface area (Å²) >= 11 is 0. The van der Waals surface area contributed by atoms with Gasteiger partial charge in [0.2, 0.25) is 0 Å². The van der Waals surface area contributed by atoms with Gasteiger partial charge < -0.3 is 10.1 Å². The predicted octanol–water partition coefficient (Wildman–Crippen LogP) is 5.33. The summed E-state index contributed by atoms with van der Waals surface area (Å²) < 4.78 is 5.21. The van der Waals surface area contributed by atoms with Crippen LogP contribution in [0.1, 0.15) is 27.8 Å². The van der Waals surface area contributed by atoms with Gasteiger partial charge in [0, 0.05) is 5.69 Å². The van der Waals surface area contributed by atoms with Gasteiger partial charge in [-0.1, -0.05) is 30.3 Å². The number of methoxy groups -OCH3 is 1. The first-order chi connectivity index (χ1) is 15.3. The van der Waals surface area contributed by atoms with E-state index in [1.165, 1.54) is 4.90 Å². The van der Waals surface area contributed by atoms with Crippen LogP contribution in [0, 0.1) is 27.7 Å². The molecule has 1 heterocycles. The number of rotatable bonds is 5. The number of hydrogen-bond donors (Lipinski definition) is 1. The third-order valence-corrected chi connectivity index (χ3v) is 6.07. The van der Waals surface area contributed by atoms with Crippen molar-refractivity contribution < 1.29 is 14.3 Å². The van der Waals surface area contributed by atoms with Crippen molar-refractivity contribution in [1.29, 1.82) is 0 Å². The van der Waals surface area contributed by atoms with Gasteiger partial charge in [0.15, 0.2) is 0 Å². The standard InChI is InChI=1S/C27H26N2O3/c1-16-9-10-20(15-18(16)3)24-25(28-23-8-6-7-17(2)19(23)4)27(31)29(26(24)30)21-11-13-22(32-5)14-12-21/h6-15,28H,1-5H3. The zero-order valence-electron chi connectivity index (χ0n) is 18.9. The lowest BCUT2D eigenvalue weighted by atomic mass is 9.99. The monoisotopic (exact) mass is 426 g/mol. The molecule has 0 bridgehead atoms. The lowest BCUT2D eigenvalue weighted by Crippen LogP contribution is -2.32. The van der Waals surface area contributed by atoms with Gasteiger partial charge in [-0.15, -0.1) is 0 Å². The number of aryl methyl sites for hydroxylation is 3. The van der Waals surface area contributed by atoms with Crippen LogP contribution >= 0.6 is 0 Å². The van der Waals surface area contributed by atoms with Crippen molar-refractivity contribution in [2.24, 2.45) is 0 Å². The van der Waals surface area contributed by atoms with E-state index in [9.17, 15) is 9.59 Å². The van der Waals surface area contributed by atoms with Crippen LogP contribution in [0.4, 0.5) is 11.4 Å². The highest BCUT2D eigenvalue weighted by atomic mass is 16.5. The Morgan fingerprint density at radius 3 is 2.16 bits per heavy atom. The largest absolute Gasteiger partial charge is 0.497 e. The smallest absolute Gasteiger partial charge is 0.282 e. The lowest BCUT2D eigenvalue weighted by Gasteiger charge is -2.16. The van der Waals surface area contributed by atoms with Gasteiger partial charge in [-0.25, -0.2) is 4.90 Å². The van der Waals surface area contributed by atoms with Gasteiger partial charge in [-0.3, -0.25) is 9.59 Å². The molecule has 0 saturated carbocycles. The van der Waals surface area contributed by atoms with Gasteiger partial charge in [0.25, 0.3) is 11.8 Å². The SMILES string of the molecule is COc1ccc(N2C(=O)C(Nc3cccc(C)c3C)=C(c3ccc(C)c(C)c3)C2=O)cc1. The quantitative estimate of drug-likeness (QED) is 0.561. The summed E-state index contributed by atoms with van der Waals surface area (Å²) in [6.07, 6.45) is 0. The third-order valence-electron chi connectivity index (χ3n) is 6.07. The number of imide groups is 1. The molecule has 1 aliphatic rings. The summed E-state index contributed by atoms with van der Waals surface area (Å²) in [7, 11) is 1.58. The minimum atomic E-state index is -0.380. The van der Waals surface area contributed by atoms with Crippen LogP contribution in [0.25, 0.3) is 5.57 Å². The number of anilines is 2. The molecule has 0 radical (unpaired) electrons. The Labute approximate surface area is 188 Å². The average Bonchev–Trinajstić information content (AvgIpc) is 3.03. The fourth-order valence-electron chi connectivity index (χ4n) is 3.80. The second kappa shape index (κ2) is 8.35. The molecule has 0 spiro atoms. The summed E-state index contributed by atoms with van der Waals surface area (Å²) in [6, 6.07) is 18.6. The van der Waals surface area contributed by atoms with E-state index in [1.54, 1.807) is 31.4 Å². The van der Waals surface area contributed by atoms with Crippen molar-refractivity contribution in [3.63, 3.8) is 0 Å². The van der Waals surface area contributed by atoms with Crippen LogP contribution in [0.3, 0.4) is 0 Å². The Bertz CT molecular complexity index is 1260. The molecule has 1 N–H and O–H groups in total. The molecule has 5 heteroatoms. The van der Waals surface area contributed by atoms with Gasteiger partial charge in [-0.05, 0) is 85.8 Å². The number of amides is 2.